The Kier molecular flexibility index (Phi) is 5.55. The first-order valence-corrected chi connectivity index (χ1v) is 11.7. The Morgan fingerprint density at radius 3 is 2.34 bits per heavy atom. The number of aromatic nitrogens is 2. The van der Waals surface area contributed by atoms with E-state index in [9.17, 15) is 4.79 Å². The van der Waals surface area contributed by atoms with Crippen molar-refractivity contribution in [3.05, 3.63) is 99.8 Å². The number of thiazole rings is 1. The van der Waals surface area contributed by atoms with Crippen LogP contribution in [0.5, 0.6) is 0 Å². The Morgan fingerprint density at radius 1 is 0.875 bits per heavy atom. The number of amides is 1. The fraction of sp³-hybridized carbons (Fsp3) is 0.0385. The molecule has 0 spiro atoms. The van der Waals surface area contributed by atoms with E-state index in [2.05, 4.69) is 45.3 Å². The van der Waals surface area contributed by atoms with Gasteiger partial charge in [-0.2, -0.15) is 0 Å². The van der Waals surface area contributed by atoms with E-state index in [4.69, 9.17) is 4.98 Å². The number of hydrogen-bond acceptors (Lipinski definition) is 4. The Balaban J connectivity index is 1.49. The van der Waals surface area contributed by atoms with Crippen molar-refractivity contribution in [3.8, 4) is 22.5 Å². The summed E-state index contributed by atoms with van der Waals surface area (Å²) in [5.74, 6) is -0.202. The molecule has 3 aromatic carbocycles. The summed E-state index contributed by atoms with van der Waals surface area (Å²) in [6.45, 7) is 2.05. The molecule has 2 heterocycles. The number of aryl methyl sites for hydroxylation is 1. The lowest BCUT2D eigenvalue weighted by Gasteiger charge is -2.10. The normalized spacial score (nSPS) is 10.9. The lowest BCUT2D eigenvalue weighted by Crippen LogP contribution is -2.13. The third-order valence-electron chi connectivity index (χ3n) is 5.17. The molecular weight excluding hydrogens is 482 g/mol. The molecule has 0 aliphatic carbocycles. The van der Waals surface area contributed by atoms with Crippen molar-refractivity contribution >= 4 is 49.2 Å². The zero-order valence-electron chi connectivity index (χ0n) is 17.2. The largest absolute Gasteiger partial charge is 0.298 e. The lowest BCUT2D eigenvalue weighted by atomic mass is 10.0. The molecule has 1 amide bonds. The summed E-state index contributed by atoms with van der Waals surface area (Å²) in [5.41, 5.74) is 6.12. The van der Waals surface area contributed by atoms with Gasteiger partial charge in [-0.1, -0.05) is 76.1 Å². The molecule has 156 valence electrons. The second-order valence-electron chi connectivity index (χ2n) is 7.44. The summed E-state index contributed by atoms with van der Waals surface area (Å²) in [4.78, 5) is 22.7. The molecule has 0 aliphatic heterocycles. The number of carbonyl (C=O) groups excluding carboxylic acids is 1. The predicted octanol–water partition coefficient (Wildman–Crippen LogP) is 7.35. The molecule has 0 bridgehead atoms. The van der Waals surface area contributed by atoms with Gasteiger partial charge in [0.1, 0.15) is 0 Å². The Bertz CT molecular complexity index is 1430. The summed E-state index contributed by atoms with van der Waals surface area (Å²) < 4.78 is 0.994. The second kappa shape index (κ2) is 8.65. The molecule has 1 N–H and O–H groups in total. The molecular formula is C26H18BrN3OS. The first kappa shape index (κ1) is 20.5. The SMILES string of the molecule is Cc1ccc(-c2csc(NC(=O)c3cc(-c4ccc(Br)cc4)nc4ccccc34)n2)cc1. The van der Waals surface area contributed by atoms with Gasteiger partial charge in [0.15, 0.2) is 5.13 Å². The maximum absolute atomic E-state index is 13.3. The van der Waals surface area contributed by atoms with E-state index in [1.165, 1.54) is 16.9 Å². The summed E-state index contributed by atoms with van der Waals surface area (Å²) >= 11 is 4.88. The number of carbonyl (C=O) groups is 1. The number of nitrogens with zero attached hydrogens (tertiary/aromatic N) is 2. The average Bonchev–Trinajstić information content (AvgIpc) is 3.27. The van der Waals surface area contributed by atoms with Gasteiger partial charge in [0, 0.05) is 26.4 Å². The van der Waals surface area contributed by atoms with Gasteiger partial charge >= 0.3 is 0 Å². The van der Waals surface area contributed by atoms with E-state index in [1.54, 1.807) is 0 Å². The zero-order valence-corrected chi connectivity index (χ0v) is 19.6. The molecule has 2 aromatic heterocycles. The maximum atomic E-state index is 13.3. The lowest BCUT2D eigenvalue weighted by molar-refractivity contribution is 0.102. The number of nitrogens with one attached hydrogen (secondary N) is 1. The molecule has 6 heteroatoms. The number of halogens is 1. The highest BCUT2D eigenvalue weighted by atomic mass is 79.9. The van der Waals surface area contributed by atoms with E-state index in [0.29, 0.717) is 10.7 Å². The van der Waals surface area contributed by atoms with Crippen molar-refractivity contribution in [2.75, 3.05) is 5.32 Å². The maximum Gasteiger partial charge on any atom is 0.258 e. The molecule has 0 fully saturated rings. The van der Waals surface area contributed by atoms with Crippen LogP contribution in [0.15, 0.2) is 88.7 Å². The van der Waals surface area contributed by atoms with Crippen molar-refractivity contribution in [2.45, 2.75) is 6.92 Å². The van der Waals surface area contributed by atoms with Crippen LogP contribution in [0.2, 0.25) is 0 Å². The van der Waals surface area contributed by atoms with Crippen LogP contribution < -0.4 is 5.32 Å². The molecule has 0 saturated heterocycles. The number of pyridine rings is 1. The van der Waals surface area contributed by atoms with Crippen molar-refractivity contribution in [1.29, 1.82) is 0 Å². The molecule has 0 radical (unpaired) electrons. The average molecular weight is 500 g/mol. The number of benzene rings is 3. The highest BCUT2D eigenvalue weighted by Crippen LogP contribution is 2.29. The molecule has 0 aliphatic rings. The minimum absolute atomic E-state index is 0.202. The van der Waals surface area contributed by atoms with E-state index in [0.717, 1.165) is 37.9 Å². The fourth-order valence-corrected chi connectivity index (χ4v) is 4.46. The van der Waals surface area contributed by atoms with Gasteiger partial charge in [-0.25, -0.2) is 9.97 Å². The predicted molar refractivity (Wildman–Crippen MR) is 135 cm³/mol. The number of rotatable bonds is 4. The van der Waals surface area contributed by atoms with Gasteiger partial charge in [0.05, 0.1) is 22.5 Å². The van der Waals surface area contributed by atoms with Crippen LogP contribution in [0.25, 0.3) is 33.4 Å². The van der Waals surface area contributed by atoms with Gasteiger partial charge in [0.25, 0.3) is 5.91 Å². The smallest absolute Gasteiger partial charge is 0.258 e. The van der Waals surface area contributed by atoms with Crippen LogP contribution in [0.4, 0.5) is 5.13 Å². The molecule has 4 nitrogen and oxygen atoms in total. The third-order valence-corrected chi connectivity index (χ3v) is 6.46. The summed E-state index contributed by atoms with van der Waals surface area (Å²) in [6.07, 6.45) is 0. The minimum atomic E-state index is -0.202. The summed E-state index contributed by atoms with van der Waals surface area (Å²) in [6, 6.07) is 25.6. The first-order chi connectivity index (χ1) is 15.6. The second-order valence-corrected chi connectivity index (χ2v) is 9.21. The third kappa shape index (κ3) is 4.20. The van der Waals surface area contributed by atoms with Crippen LogP contribution >= 0.6 is 27.3 Å². The molecule has 32 heavy (non-hydrogen) atoms. The topological polar surface area (TPSA) is 54.9 Å². The summed E-state index contributed by atoms with van der Waals surface area (Å²) in [7, 11) is 0. The van der Waals surface area contributed by atoms with Crippen LogP contribution in [-0.2, 0) is 0 Å². The number of para-hydroxylation sites is 1. The van der Waals surface area contributed by atoms with E-state index in [1.807, 2.05) is 72.1 Å². The van der Waals surface area contributed by atoms with Gasteiger partial charge in [-0.15, -0.1) is 11.3 Å². The summed E-state index contributed by atoms with van der Waals surface area (Å²) in [5, 5.41) is 6.30. The highest BCUT2D eigenvalue weighted by Gasteiger charge is 2.16. The molecule has 0 saturated carbocycles. The van der Waals surface area contributed by atoms with Crippen molar-refractivity contribution in [2.24, 2.45) is 0 Å². The van der Waals surface area contributed by atoms with Crippen LogP contribution in [0, 0.1) is 6.92 Å². The quantitative estimate of drug-likeness (QED) is 0.281. The van der Waals surface area contributed by atoms with Crippen molar-refractivity contribution in [1.82, 2.24) is 9.97 Å². The molecule has 0 atom stereocenters. The Labute approximate surface area is 198 Å². The molecule has 0 unspecified atom stereocenters. The van der Waals surface area contributed by atoms with E-state index >= 15 is 0 Å². The van der Waals surface area contributed by atoms with Gasteiger partial charge in [0.2, 0.25) is 0 Å². The molecule has 5 rings (SSSR count). The number of fused-ring (bicyclic) bond motifs is 1. The van der Waals surface area contributed by atoms with E-state index in [-0.39, 0.29) is 5.91 Å². The van der Waals surface area contributed by atoms with Crippen LogP contribution in [0.1, 0.15) is 15.9 Å². The Morgan fingerprint density at radius 2 is 1.56 bits per heavy atom. The monoisotopic (exact) mass is 499 g/mol. The highest BCUT2D eigenvalue weighted by molar-refractivity contribution is 9.10. The number of hydrogen-bond donors (Lipinski definition) is 1. The zero-order chi connectivity index (χ0) is 22.1. The van der Waals surface area contributed by atoms with Gasteiger partial charge < -0.3 is 0 Å². The van der Waals surface area contributed by atoms with Gasteiger partial charge in [-0.3, -0.25) is 10.1 Å². The number of anilines is 1. The first-order valence-electron chi connectivity index (χ1n) is 10.1. The van der Waals surface area contributed by atoms with E-state index < -0.39 is 0 Å². The molecule has 5 aromatic rings. The van der Waals surface area contributed by atoms with Gasteiger partial charge in [-0.05, 0) is 31.2 Å². The standard InChI is InChI=1S/C26H18BrN3OS/c1-16-6-8-18(9-7-16)24-15-32-26(29-24)30-25(31)21-14-23(17-10-12-19(27)13-11-17)28-22-5-3-2-4-20(21)22/h2-15H,1H3,(H,29,30,31). The van der Waals surface area contributed by atoms with Crippen LogP contribution in [0.3, 0.4) is 0 Å². The van der Waals surface area contributed by atoms with Crippen LogP contribution in [-0.4, -0.2) is 15.9 Å². The van der Waals surface area contributed by atoms with Crippen molar-refractivity contribution < 1.29 is 4.79 Å². The van der Waals surface area contributed by atoms with Crippen molar-refractivity contribution in [3.63, 3.8) is 0 Å². The fourth-order valence-electron chi connectivity index (χ4n) is 3.48. The minimum Gasteiger partial charge on any atom is -0.298 e. The Hall–Kier alpha value is -3.35.